The minimum absolute atomic E-state index is 0.310. The molecule has 1 rings (SSSR count). The Morgan fingerprint density at radius 1 is 1.27 bits per heavy atom. The van der Waals surface area contributed by atoms with Crippen molar-refractivity contribution in [3.63, 3.8) is 0 Å². The first kappa shape index (κ1) is 12.3. The summed E-state index contributed by atoms with van der Waals surface area (Å²) in [5.74, 6) is -1.83. The highest BCUT2D eigenvalue weighted by Gasteiger charge is 2.38. The van der Waals surface area contributed by atoms with Crippen LogP contribution in [0.2, 0.25) is 0 Å². The molecule has 15 heavy (non-hydrogen) atoms. The lowest BCUT2D eigenvalue weighted by Gasteiger charge is -2.12. The fraction of sp³-hybridized carbons (Fsp3) is 0.286. The maximum atomic E-state index is 12.8. The van der Waals surface area contributed by atoms with E-state index in [9.17, 15) is 26.3 Å². The molecule has 0 spiro atoms. The minimum Gasteiger partial charge on any atom is -0.212 e. The molecule has 0 saturated carbocycles. The van der Waals surface area contributed by atoms with Crippen LogP contribution in [-0.2, 0) is 6.18 Å². The summed E-state index contributed by atoms with van der Waals surface area (Å²) in [6, 6.07) is 0.310. The van der Waals surface area contributed by atoms with Crippen molar-refractivity contribution in [1.82, 2.24) is 4.98 Å². The Bertz CT molecular complexity index is 374. The lowest BCUT2D eigenvalue weighted by atomic mass is 10.1. The second-order valence-corrected chi connectivity index (χ2v) is 3.31. The molecule has 1 aromatic heterocycles. The Labute approximate surface area is 88.2 Å². The van der Waals surface area contributed by atoms with Crippen LogP contribution in [0.1, 0.15) is 17.6 Å². The van der Waals surface area contributed by atoms with Gasteiger partial charge in [-0.2, -0.15) is 17.6 Å². The number of rotatable bonds is 1. The van der Waals surface area contributed by atoms with Crippen molar-refractivity contribution in [1.29, 1.82) is 0 Å². The van der Waals surface area contributed by atoms with E-state index in [0.717, 1.165) is 0 Å². The Balaban J connectivity index is 3.47. The van der Waals surface area contributed by atoms with Crippen LogP contribution >= 0.6 is 15.9 Å². The van der Waals surface area contributed by atoms with Crippen LogP contribution in [0, 0.1) is 5.95 Å². The molecule has 8 heteroatoms. The van der Waals surface area contributed by atoms with Crippen LogP contribution in [0.3, 0.4) is 0 Å². The van der Waals surface area contributed by atoms with Crippen LogP contribution in [0.15, 0.2) is 10.7 Å². The summed E-state index contributed by atoms with van der Waals surface area (Å²) >= 11 is 2.49. The Morgan fingerprint density at radius 3 is 2.20 bits per heavy atom. The van der Waals surface area contributed by atoms with Gasteiger partial charge in [0.25, 0.3) is 6.43 Å². The van der Waals surface area contributed by atoms with E-state index in [4.69, 9.17) is 0 Å². The van der Waals surface area contributed by atoms with Gasteiger partial charge < -0.3 is 0 Å². The molecule has 0 aliphatic rings. The predicted molar refractivity (Wildman–Crippen MR) is 41.9 cm³/mol. The molecule has 0 aliphatic carbocycles. The van der Waals surface area contributed by atoms with E-state index in [1.807, 2.05) is 0 Å². The van der Waals surface area contributed by atoms with Crippen LogP contribution in [0.4, 0.5) is 26.3 Å². The third kappa shape index (κ3) is 2.61. The van der Waals surface area contributed by atoms with E-state index in [2.05, 4.69) is 20.9 Å². The van der Waals surface area contributed by atoms with Gasteiger partial charge >= 0.3 is 6.18 Å². The zero-order valence-electron chi connectivity index (χ0n) is 6.75. The normalized spacial score (nSPS) is 12.3. The summed E-state index contributed by atoms with van der Waals surface area (Å²) in [7, 11) is 0. The summed E-state index contributed by atoms with van der Waals surface area (Å²) < 4.78 is 73.3. The number of hydrogen-bond acceptors (Lipinski definition) is 1. The first-order valence-corrected chi connectivity index (χ1v) is 4.24. The van der Waals surface area contributed by atoms with Crippen molar-refractivity contribution in [3.8, 4) is 0 Å². The third-order valence-electron chi connectivity index (χ3n) is 1.50. The summed E-state index contributed by atoms with van der Waals surface area (Å²) in [6.07, 6.45) is -8.61. The van der Waals surface area contributed by atoms with Gasteiger partial charge in [-0.05, 0) is 22.0 Å². The van der Waals surface area contributed by atoms with Gasteiger partial charge in [-0.25, -0.2) is 13.8 Å². The molecule has 1 heterocycles. The van der Waals surface area contributed by atoms with E-state index in [-0.39, 0.29) is 0 Å². The van der Waals surface area contributed by atoms with Crippen molar-refractivity contribution < 1.29 is 26.3 Å². The van der Waals surface area contributed by atoms with E-state index in [1.165, 1.54) is 0 Å². The van der Waals surface area contributed by atoms with Gasteiger partial charge in [-0.3, -0.25) is 0 Å². The topological polar surface area (TPSA) is 12.9 Å². The largest absolute Gasteiger partial charge is 0.417 e. The van der Waals surface area contributed by atoms with Gasteiger partial charge in [-0.1, -0.05) is 0 Å². The van der Waals surface area contributed by atoms with Gasteiger partial charge in [0.2, 0.25) is 5.95 Å². The molecule has 1 aromatic rings. The maximum absolute atomic E-state index is 12.8. The second-order valence-electron chi connectivity index (χ2n) is 2.50. The first-order valence-electron chi connectivity index (χ1n) is 3.44. The predicted octanol–water partition coefficient (Wildman–Crippen LogP) is 3.94. The number of halogens is 7. The summed E-state index contributed by atoms with van der Waals surface area (Å²) in [6.45, 7) is 0. The molecule has 1 nitrogen and oxygen atoms in total. The number of hydrogen-bond donors (Lipinski definition) is 0. The summed E-state index contributed by atoms with van der Waals surface area (Å²) in [5, 5.41) is 0. The first-order chi connectivity index (χ1) is 6.73. The molecule has 0 aromatic carbocycles. The average Bonchev–Trinajstić information content (AvgIpc) is 1.99. The summed E-state index contributed by atoms with van der Waals surface area (Å²) in [4.78, 5) is 2.84. The SMILES string of the molecule is Fc1nc(Br)cc(C(F)(F)F)c1C(F)F. The average molecular weight is 294 g/mol. The van der Waals surface area contributed by atoms with E-state index >= 15 is 0 Å². The van der Waals surface area contributed by atoms with Crippen LogP contribution < -0.4 is 0 Å². The number of nitrogens with zero attached hydrogens (tertiary/aromatic N) is 1. The van der Waals surface area contributed by atoms with Crippen molar-refractivity contribution in [2.45, 2.75) is 12.6 Å². The van der Waals surface area contributed by atoms with Crippen LogP contribution in [0.5, 0.6) is 0 Å². The smallest absolute Gasteiger partial charge is 0.212 e. The number of alkyl halides is 5. The maximum Gasteiger partial charge on any atom is 0.417 e. The van der Waals surface area contributed by atoms with E-state index in [1.54, 1.807) is 0 Å². The van der Waals surface area contributed by atoms with Crippen LogP contribution in [0.25, 0.3) is 0 Å². The van der Waals surface area contributed by atoms with Crippen molar-refractivity contribution in [3.05, 3.63) is 27.7 Å². The van der Waals surface area contributed by atoms with Gasteiger partial charge in [-0.15, -0.1) is 0 Å². The minimum atomic E-state index is -5.04. The molecular formula is C7H2BrF6N. The van der Waals surface area contributed by atoms with Gasteiger partial charge in [0.05, 0.1) is 11.1 Å². The van der Waals surface area contributed by atoms with Crippen molar-refractivity contribution >= 4 is 15.9 Å². The van der Waals surface area contributed by atoms with Crippen molar-refractivity contribution in [2.75, 3.05) is 0 Å². The van der Waals surface area contributed by atoms with Gasteiger partial charge in [0.1, 0.15) is 4.60 Å². The lowest BCUT2D eigenvalue weighted by molar-refractivity contribution is -0.140. The molecule has 84 valence electrons. The lowest BCUT2D eigenvalue weighted by Crippen LogP contribution is -2.12. The highest BCUT2D eigenvalue weighted by atomic mass is 79.9. The quantitative estimate of drug-likeness (QED) is 0.564. The highest BCUT2D eigenvalue weighted by Crippen LogP contribution is 2.38. The molecule has 0 fully saturated rings. The summed E-state index contributed by atoms with van der Waals surface area (Å²) in [5.41, 5.74) is -3.46. The molecule has 0 bridgehead atoms. The number of pyridine rings is 1. The van der Waals surface area contributed by atoms with Crippen LogP contribution in [-0.4, -0.2) is 4.98 Å². The Kier molecular flexibility index (Phi) is 3.27. The molecule has 0 unspecified atom stereocenters. The monoisotopic (exact) mass is 293 g/mol. The van der Waals surface area contributed by atoms with Gasteiger partial charge in [0.15, 0.2) is 0 Å². The second kappa shape index (κ2) is 3.99. The number of aromatic nitrogens is 1. The zero-order chi connectivity index (χ0) is 11.8. The standard InChI is InChI=1S/C7H2BrF6N/c8-3-1-2(7(12,13)14)4(5(9)10)6(11)15-3/h1,5H. The highest BCUT2D eigenvalue weighted by molar-refractivity contribution is 9.10. The Hall–Kier alpha value is -0.790. The molecule has 0 atom stereocenters. The Morgan fingerprint density at radius 2 is 1.80 bits per heavy atom. The fourth-order valence-corrected chi connectivity index (χ4v) is 1.32. The third-order valence-corrected chi connectivity index (χ3v) is 1.91. The molecule has 0 amide bonds. The van der Waals surface area contributed by atoms with E-state index < -0.39 is 34.3 Å². The molecule has 0 aliphatic heterocycles. The molecule has 0 N–H and O–H groups in total. The molecule has 0 saturated heterocycles. The van der Waals surface area contributed by atoms with Crippen molar-refractivity contribution in [2.24, 2.45) is 0 Å². The van der Waals surface area contributed by atoms with E-state index in [0.29, 0.717) is 6.07 Å². The van der Waals surface area contributed by atoms with Gasteiger partial charge in [0, 0.05) is 0 Å². The zero-order valence-corrected chi connectivity index (χ0v) is 8.33. The fourth-order valence-electron chi connectivity index (χ4n) is 0.936. The molecule has 0 radical (unpaired) electrons. The molecular weight excluding hydrogens is 292 g/mol.